The molecule has 1 aliphatic heterocycles. The van der Waals surface area contributed by atoms with Gasteiger partial charge in [-0.25, -0.2) is 4.98 Å². The molecule has 1 saturated heterocycles. The van der Waals surface area contributed by atoms with Gasteiger partial charge in [0, 0.05) is 39.1 Å². The van der Waals surface area contributed by atoms with E-state index < -0.39 is 0 Å². The molecule has 35 heavy (non-hydrogen) atoms. The Morgan fingerprint density at radius 3 is 2.49 bits per heavy atom. The predicted octanol–water partition coefficient (Wildman–Crippen LogP) is 4.10. The van der Waals surface area contributed by atoms with E-state index in [-0.39, 0.29) is 12.4 Å². The van der Waals surface area contributed by atoms with Crippen LogP contribution >= 0.6 is 0 Å². The van der Waals surface area contributed by atoms with Gasteiger partial charge in [-0.15, -0.1) is 0 Å². The summed E-state index contributed by atoms with van der Waals surface area (Å²) in [4.78, 5) is 21.8. The lowest BCUT2D eigenvalue weighted by molar-refractivity contribution is -0.140. The van der Waals surface area contributed by atoms with Crippen molar-refractivity contribution in [2.45, 2.75) is 26.3 Å². The molecule has 3 heterocycles. The molecule has 0 saturated carbocycles. The molecule has 5 rings (SSSR count). The monoisotopic (exact) mass is 467 g/mol. The summed E-state index contributed by atoms with van der Waals surface area (Å²) >= 11 is 0. The lowest BCUT2D eigenvalue weighted by Gasteiger charge is -2.37. The lowest BCUT2D eigenvalue weighted by Crippen LogP contribution is -2.47. The molecule has 0 aliphatic carbocycles. The molecule has 0 amide bonds. The summed E-state index contributed by atoms with van der Waals surface area (Å²) in [7, 11) is 1.41. The molecular weight excluding hydrogens is 438 g/mol. The second kappa shape index (κ2) is 9.77. The lowest BCUT2D eigenvalue weighted by atomic mass is 9.99. The predicted molar refractivity (Wildman–Crippen MR) is 136 cm³/mol. The Bertz CT molecular complexity index is 1410. The van der Waals surface area contributed by atoms with Crippen molar-refractivity contribution in [2.75, 3.05) is 38.2 Å². The van der Waals surface area contributed by atoms with Crippen LogP contribution in [0.5, 0.6) is 0 Å². The molecule has 0 radical (unpaired) electrons. The minimum absolute atomic E-state index is 0.253. The molecule has 0 bridgehead atoms. The fourth-order valence-electron chi connectivity index (χ4n) is 5.08. The number of carbonyl (C=O) groups is 1. The zero-order chi connectivity index (χ0) is 24.4. The maximum atomic E-state index is 12.1. The highest BCUT2D eigenvalue weighted by molar-refractivity contribution is 5.86. The highest BCUT2D eigenvalue weighted by Crippen LogP contribution is 2.34. The quantitative estimate of drug-likeness (QED) is 0.398. The maximum Gasteiger partial charge on any atom is 0.305 e. The molecule has 2 aromatic heterocycles. The standard InChI is InChI=1S/C28H29N5O2/c1-20-22(12-13-26(34)35-2)28(32-16-14-31(15-17-32)19-21-8-4-3-5-9-21)33-25-11-7-6-10-24(25)30-27(33)23(20)18-29/h3-11H,12-17,19H2,1-2H3. The smallest absolute Gasteiger partial charge is 0.305 e. The van der Waals surface area contributed by atoms with Crippen LogP contribution in [0.1, 0.15) is 28.7 Å². The van der Waals surface area contributed by atoms with Crippen LogP contribution in [-0.4, -0.2) is 53.5 Å². The van der Waals surface area contributed by atoms with Crippen molar-refractivity contribution < 1.29 is 9.53 Å². The minimum atomic E-state index is -0.253. The van der Waals surface area contributed by atoms with Crippen molar-refractivity contribution in [2.24, 2.45) is 0 Å². The number of para-hydroxylation sites is 2. The number of fused-ring (bicyclic) bond motifs is 3. The summed E-state index contributed by atoms with van der Waals surface area (Å²) in [5, 5.41) is 10.1. The van der Waals surface area contributed by atoms with Crippen LogP contribution in [0.3, 0.4) is 0 Å². The highest BCUT2D eigenvalue weighted by Gasteiger charge is 2.27. The van der Waals surface area contributed by atoms with Crippen LogP contribution in [-0.2, 0) is 22.5 Å². The molecule has 0 spiro atoms. The SMILES string of the molecule is COC(=O)CCc1c(C)c(C#N)c2nc3ccccc3n2c1N1CCN(Cc2ccccc2)CC1. The molecule has 7 heteroatoms. The summed E-state index contributed by atoms with van der Waals surface area (Å²) in [6.45, 7) is 6.46. The number of esters is 1. The van der Waals surface area contributed by atoms with E-state index in [1.54, 1.807) is 0 Å². The summed E-state index contributed by atoms with van der Waals surface area (Å²) in [5.41, 5.74) is 6.29. The number of anilines is 1. The fraction of sp³-hybridized carbons (Fsp3) is 0.321. The zero-order valence-electron chi connectivity index (χ0n) is 20.2. The van der Waals surface area contributed by atoms with E-state index in [0.29, 0.717) is 17.6 Å². The van der Waals surface area contributed by atoms with E-state index >= 15 is 0 Å². The van der Waals surface area contributed by atoms with Crippen molar-refractivity contribution in [3.05, 3.63) is 76.9 Å². The van der Waals surface area contributed by atoms with E-state index in [2.05, 4.69) is 44.5 Å². The van der Waals surface area contributed by atoms with Gasteiger partial charge in [-0.05, 0) is 42.2 Å². The first-order valence-electron chi connectivity index (χ1n) is 12.0. The molecule has 2 aromatic carbocycles. The average molecular weight is 468 g/mol. The topological polar surface area (TPSA) is 73.9 Å². The van der Waals surface area contributed by atoms with Gasteiger partial charge in [0.1, 0.15) is 11.9 Å². The fourth-order valence-corrected chi connectivity index (χ4v) is 5.08. The molecule has 0 atom stereocenters. The number of benzene rings is 2. The summed E-state index contributed by atoms with van der Waals surface area (Å²) in [6.07, 6.45) is 0.774. The van der Waals surface area contributed by atoms with Gasteiger partial charge in [-0.1, -0.05) is 42.5 Å². The molecule has 7 nitrogen and oxygen atoms in total. The second-order valence-electron chi connectivity index (χ2n) is 9.00. The van der Waals surface area contributed by atoms with Crippen molar-refractivity contribution >= 4 is 28.5 Å². The van der Waals surface area contributed by atoms with Gasteiger partial charge in [0.05, 0.1) is 23.7 Å². The van der Waals surface area contributed by atoms with Crippen LogP contribution in [0.2, 0.25) is 0 Å². The van der Waals surface area contributed by atoms with Crippen LogP contribution in [0.15, 0.2) is 54.6 Å². The number of hydrogen-bond acceptors (Lipinski definition) is 6. The number of methoxy groups -OCH3 is 1. The van der Waals surface area contributed by atoms with E-state index in [0.717, 1.165) is 60.7 Å². The van der Waals surface area contributed by atoms with Gasteiger partial charge in [-0.2, -0.15) is 5.26 Å². The van der Waals surface area contributed by atoms with Crippen LogP contribution in [0.25, 0.3) is 16.7 Å². The number of carbonyl (C=O) groups excluding carboxylic acids is 1. The molecule has 4 aromatic rings. The van der Waals surface area contributed by atoms with Crippen LogP contribution < -0.4 is 4.90 Å². The summed E-state index contributed by atoms with van der Waals surface area (Å²) < 4.78 is 7.05. The molecule has 1 aliphatic rings. The number of aromatic nitrogens is 2. The highest BCUT2D eigenvalue weighted by atomic mass is 16.5. The normalized spacial score (nSPS) is 14.4. The van der Waals surface area contributed by atoms with E-state index in [9.17, 15) is 10.1 Å². The first-order valence-corrected chi connectivity index (χ1v) is 12.0. The number of hydrogen-bond donors (Lipinski definition) is 0. The van der Waals surface area contributed by atoms with E-state index in [1.807, 2.05) is 37.3 Å². The number of nitriles is 1. The number of ether oxygens (including phenoxy) is 1. The number of imidazole rings is 1. The summed E-state index contributed by atoms with van der Waals surface area (Å²) in [5.74, 6) is 0.783. The number of rotatable bonds is 6. The number of piperazine rings is 1. The van der Waals surface area contributed by atoms with E-state index in [4.69, 9.17) is 9.72 Å². The van der Waals surface area contributed by atoms with Crippen molar-refractivity contribution in [3.63, 3.8) is 0 Å². The largest absolute Gasteiger partial charge is 0.469 e. The Morgan fingerprint density at radius 1 is 1.06 bits per heavy atom. The third-order valence-electron chi connectivity index (χ3n) is 6.93. The summed E-state index contributed by atoms with van der Waals surface area (Å²) in [6, 6.07) is 20.9. The molecule has 1 fully saturated rings. The Kier molecular flexibility index (Phi) is 6.39. The Balaban J connectivity index is 1.57. The average Bonchev–Trinajstić information content (AvgIpc) is 3.27. The molecule has 0 N–H and O–H groups in total. The second-order valence-corrected chi connectivity index (χ2v) is 9.00. The van der Waals surface area contributed by atoms with Gasteiger partial charge >= 0.3 is 5.97 Å². The molecule has 0 unspecified atom stereocenters. The van der Waals surface area contributed by atoms with Crippen molar-refractivity contribution in [1.29, 1.82) is 5.26 Å². The maximum absolute atomic E-state index is 12.1. The van der Waals surface area contributed by atoms with Crippen LogP contribution in [0.4, 0.5) is 5.82 Å². The number of pyridine rings is 1. The van der Waals surface area contributed by atoms with Gasteiger partial charge in [0.25, 0.3) is 0 Å². The van der Waals surface area contributed by atoms with Gasteiger partial charge < -0.3 is 9.64 Å². The van der Waals surface area contributed by atoms with Gasteiger partial charge in [-0.3, -0.25) is 14.1 Å². The Morgan fingerprint density at radius 2 is 1.77 bits per heavy atom. The Labute approximate surface area is 205 Å². The van der Waals surface area contributed by atoms with Crippen molar-refractivity contribution in [1.82, 2.24) is 14.3 Å². The van der Waals surface area contributed by atoms with Gasteiger partial charge in [0.2, 0.25) is 0 Å². The first kappa shape index (κ1) is 22.9. The zero-order valence-corrected chi connectivity index (χ0v) is 20.2. The first-order chi connectivity index (χ1) is 17.1. The number of nitrogens with zero attached hydrogens (tertiary/aromatic N) is 5. The van der Waals surface area contributed by atoms with E-state index in [1.165, 1.54) is 12.7 Å². The molecule has 178 valence electrons. The molecular formula is C28H29N5O2. The van der Waals surface area contributed by atoms with Gasteiger partial charge in [0.15, 0.2) is 5.65 Å². The minimum Gasteiger partial charge on any atom is -0.469 e. The third kappa shape index (κ3) is 4.33. The Hall–Kier alpha value is -3.89. The third-order valence-corrected chi connectivity index (χ3v) is 6.93. The van der Waals surface area contributed by atoms with Crippen molar-refractivity contribution in [3.8, 4) is 6.07 Å². The van der Waals surface area contributed by atoms with Crippen LogP contribution in [0, 0.1) is 18.3 Å².